The topological polar surface area (TPSA) is 71.1 Å². The van der Waals surface area contributed by atoms with Gasteiger partial charge in [0.15, 0.2) is 0 Å². The Labute approximate surface area is 168 Å². The normalized spacial score (nSPS) is 20.4. The Morgan fingerprint density at radius 3 is 2.14 bits per heavy atom. The molecule has 0 N–H and O–H groups in total. The van der Waals surface area contributed by atoms with Gasteiger partial charge in [-0.25, -0.2) is 14.5 Å². The Hall–Kier alpha value is -1.86. The number of carbonyl (C=O) groups is 2. The molecule has 0 amide bonds. The number of hydrogen-bond donors (Lipinski definition) is 0. The van der Waals surface area contributed by atoms with Crippen LogP contribution >= 0.6 is 0 Å². The van der Waals surface area contributed by atoms with E-state index in [-0.39, 0.29) is 17.4 Å². The van der Waals surface area contributed by atoms with Crippen molar-refractivity contribution in [2.45, 2.75) is 72.2 Å². The van der Waals surface area contributed by atoms with E-state index in [0.29, 0.717) is 5.56 Å². The van der Waals surface area contributed by atoms with E-state index in [1.165, 1.54) is 5.19 Å². The molecular weight excluding hydrogens is 376 g/mol. The molecule has 0 saturated heterocycles. The first-order valence-electron chi connectivity index (χ1n) is 9.85. The van der Waals surface area contributed by atoms with Gasteiger partial charge in [-0.1, -0.05) is 64.2 Å². The van der Waals surface area contributed by atoms with Gasteiger partial charge in [-0.2, -0.15) is 0 Å². The van der Waals surface area contributed by atoms with Gasteiger partial charge in [-0.05, 0) is 36.8 Å². The van der Waals surface area contributed by atoms with Crippen LogP contribution in [0.1, 0.15) is 56.8 Å². The molecule has 2 atom stereocenters. The molecule has 6 nitrogen and oxygen atoms in total. The van der Waals surface area contributed by atoms with Crippen LogP contribution in [-0.4, -0.2) is 26.3 Å². The molecule has 0 heterocycles. The molecule has 0 aromatic heterocycles. The van der Waals surface area contributed by atoms with Gasteiger partial charge in [0, 0.05) is 5.92 Å². The first kappa shape index (κ1) is 22.4. The third kappa shape index (κ3) is 6.34. The molecule has 0 radical (unpaired) electrons. The Morgan fingerprint density at radius 2 is 1.57 bits per heavy atom. The second kappa shape index (κ2) is 9.09. The average Bonchev–Trinajstić information content (AvgIpc) is 2.60. The highest BCUT2D eigenvalue weighted by atomic mass is 28.3. The van der Waals surface area contributed by atoms with Crippen LogP contribution in [0, 0.1) is 11.3 Å². The molecule has 1 aliphatic carbocycles. The van der Waals surface area contributed by atoms with Crippen molar-refractivity contribution in [3.8, 4) is 0 Å². The summed E-state index contributed by atoms with van der Waals surface area (Å²) in [6, 6.07) is 7.17. The SMILES string of the molecule is CC(C)(C)C1CCCCC1OC(=O)OOOC(=O)c1ccc([Si](C)(C)C)cc1. The predicted octanol–water partition coefficient (Wildman–Crippen LogP) is 4.99. The smallest absolute Gasteiger partial charge is 0.429 e. The van der Waals surface area contributed by atoms with Gasteiger partial charge in [0.05, 0.1) is 18.7 Å². The lowest BCUT2D eigenvalue weighted by Crippen LogP contribution is -2.38. The van der Waals surface area contributed by atoms with Crippen LogP contribution in [0.5, 0.6) is 0 Å². The quantitative estimate of drug-likeness (QED) is 0.296. The molecule has 1 saturated carbocycles. The number of rotatable bonds is 5. The first-order valence-corrected chi connectivity index (χ1v) is 13.3. The molecule has 28 heavy (non-hydrogen) atoms. The highest BCUT2D eigenvalue weighted by molar-refractivity contribution is 6.88. The number of carbonyl (C=O) groups excluding carboxylic acids is 2. The zero-order valence-corrected chi connectivity index (χ0v) is 18.7. The summed E-state index contributed by atoms with van der Waals surface area (Å²) in [6.07, 6.45) is 2.71. The number of hydrogen-bond acceptors (Lipinski definition) is 6. The number of ether oxygens (including phenoxy) is 1. The van der Waals surface area contributed by atoms with Crippen molar-refractivity contribution in [3.63, 3.8) is 0 Å². The van der Waals surface area contributed by atoms with Crippen LogP contribution in [0.15, 0.2) is 24.3 Å². The van der Waals surface area contributed by atoms with Crippen LogP contribution < -0.4 is 5.19 Å². The van der Waals surface area contributed by atoms with Crippen LogP contribution in [-0.2, 0) is 19.6 Å². The monoisotopic (exact) mass is 408 g/mol. The summed E-state index contributed by atoms with van der Waals surface area (Å²) in [7, 11) is -1.44. The lowest BCUT2D eigenvalue weighted by molar-refractivity contribution is -0.453. The summed E-state index contributed by atoms with van der Waals surface area (Å²) in [4.78, 5) is 32.9. The van der Waals surface area contributed by atoms with Crippen LogP contribution in [0.25, 0.3) is 0 Å². The van der Waals surface area contributed by atoms with Gasteiger partial charge in [0.25, 0.3) is 0 Å². The van der Waals surface area contributed by atoms with Gasteiger partial charge in [0.1, 0.15) is 6.10 Å². The largest absolute Gasteiger partial charge is 0.543 e. The molecule has 1 fully saturated rings. The molecule has 1 aromatic rings. The Kier molecular flexibility index (Phi) is 7.28. The molecular formula is C21H32O6Si. The van der Waals surface area contributed by atoms with E-state index in [2.05, 4.69) is 55.2 Å². The maximum absolute atomic E-state index is 12.0. The third-order valence-corrected chi connectivity index (χ3v) is 7.33. The standard InChI is InChI=1S/C21H32O6Si/c1-21(2,3)17-9-7-8-10-18(17)24-20(23)26-27-25-19(22)15-11-13-16(14-12-15)28(4,5)6/h11-14,17-18H,7-10H2,1-6H3. The van der Waals surface area contributed by atoms with E-state index in [9.17, 15) is 9.59 Å². The summed E-state index contributed by atoms with van der Waals surface area (Å²) < 4.78 is 5.40. The summed E-state index contributed by atoms with van der Waals surface area (Å²) in [5, 5.41) is 5.58. The second-order valence-electron chi connectivity index (χ2n) is 9.51. The second-order valence-corrected chi connectivity index (χ2v) is 14.6. The maximum atomic E-state index is 12.0. The zero-order valence-electron chi connectivity index (χ0n) is 17.7. The minimum atomic E-state index is -1.44. The summed E-state index contributed by atoms with van der Waals surface area (Å²) in [5.74, 6) is -0.485. The van der Waals surface area contributed by atoms with Gasteiger partial charge in [-0.15, -0.1) is 0 Å². The summed E-state index contributed by atoms with van der Waals surface area (Å²) in [5.41, 5.74) is 0.347. The highest BCUT2D eigenvalue weighted by Crippen LogP contribution is 2.39. The fraction of sp³-hybridized carbons (Fsp3) is 0.619. The van der Waals surface area contributed by atoms with E-state index in [1.807, 2.05) is 12.1 Å². The first-order chi connectivity index (χ1) is 13.0. The molecule has 2 unspecified atom stereocenters. The van der Waals surface area contributed by atoms with Crippen LogP contribution in [0.4, 0.5) is 4.79 Å². The van der Waals surface area contributed by atoms with Gasteiger partial charge in [-0.3, -0.25) is 4.89 Å². The predicted molar refractivity (Wildman–Crippen MR) is 109 cm³/mol. The van der Waals surface area contributed by atoms with E-state index in [0.717, 1.165) is 25.7 Å². The van der Waals surface area contributed by atoms with E-state index in [1.54, 1.807) is 12.1 Å². The van der Waals surface area contributed by atoms with E-state index >= 15 is 0 Å². The summed E-state index contributed by atoms with van der Waals surface area (Å²) >= 11 is 0. The van der Waals surface area contributed by atoms with Crippen LogP contribution in [0.2, 0.25) is 19.6 Å². The maximum Gasteiger partial charge on any atom is 0.543 e. The minimum Gasteiger partial charge on any atom is -0.429 e. The van der Waals surface area contributed by atoms with Gasteiger partial charge >= 0.3 is 12.1 Å². The fourth-order valence-corrected chi connectivity index (χ4v) is 4.77. The molecule has 7 heteroatoms. The number of benzene rings is 1. The van der Waals surface area contributed by atoms with Crippen molar-refractivity contribution in [3.05, 3.63) is 29.8 Å². The van der Waals surface area contributed by atoms with Crippen LogP contribution in [0.3, 0.4) is 0 Å². The lowest BCUT2D eigenvalue weighted by Gasteiger charge is -2.39. The van der Waals surface area contributed by atoms with Crippen molar-refractivity contribution in [2.24, 2.45) is 11.3 Å². The molecule has 0 aliphatic heterocycles. The van der Waals surface area contributed by atoms with Crippen molar-refractivity contribution in [1.82, 2.24) is 0 Å². The highest BCUT2D eigenvalue weighted by Gasteiger charge is 2.37. The Bertz CT molecular complexity index is 672. The van der Waals surface area contributed by atoms with Crippen molar-refractivity contribution in [1.29, 1.82) is 0 Å². The zero-order chi connectivity index (χ0) is 20.9. The Morgan fingerprint density at radius 1 is 0.964 bits per heavy atom. The minimum absolute atomic E-state index is 0.0285. The van der Waals surface area contributed by atoms with Gasteiger partial charge in [0.2, 0.25) is 0 Å². The van der Waals surface area contributed by atoms with Crippen molar-refractivity contribution in [2.75, 3.05) is 0 Å². The summed E-state index contributed by atoms with van der Waals surface area (Å²) in [6.45, 7) is 13.1. The van der Waals surface area contributed by atoms with E-state index < -0.39 is 20.2 Å². The molecule has 1 aliphatic rings. The average molecular weight is 409 g/mol. The van der Waals surface area contributed by atoms with Crippen molar-refractivity contribution >= 4 is 25.4 Å². The molecule has 1 aromatic carbocycles. The fourth-order valence-electron chi connectivity index (χ4n) is 3.60. The third-order valence-electron chi connectivity index (χ3n) is 5.26. The van der Waals surface area contributed by atoms with Gasteiger partial charge < -0.3 is 4.74 Å². The van der Waals surface area contributed by atoms with E-state index in [4.69, 9.17) is 4.74 Å². The molecule has 156 valence electrons. The molecule has 2 rings (SSSR count). The molecule has 0 spiro atoms. The Balaban J connectivity index is 1.80. The van der Waals surface area contributed by atoms with Crippen molar-refractivity contribution < 1.29 is 29.1 Å². The molecule has 0 bridgehead atoms. The lowest BCUT2D eigenvalue weighted by atomic mass is 9.71.